The van der Waals surface area contributed by atoms with E-state index in [9.17, 15) is 13.2 Å². The Balaban J connectivity index is 0.000000307. The van der Waals surface area contributed by atoms with Crippen LogP contribution in [0.3, 0.4) is 0 Å². The SMILES string of the molecule is CCCCn1cc[n+](C)c1-c1ccccc1.O=S(=O)([O-])C(F)(F)F. The molecule has 0 aliphatic carbocycles. The molecule has 0 bridgehead atoms. The highest BCUT2D eigenvalue weighted by molar-refractivity contribution is 7.86. The lowest BCUT2D eigenvalue weighted by Gasteiger charge is -2.08. The Labute approximate surface area is 139 Å². The van der Waals surface area contributed by atoms with Crippen molar-refractivity contribution in [1.82, 2.24) is 4.57 Å². The Hall–Kier alpha value is -1.87. The third kappa shape index (κ3) is 5.64. The van der Waals surface area contributed by atoms with Gasteiger partial charge in [0.05, 0.1) is 19.2 Å². The summed E-state index contributed by atoms with van der Waals surface area (Å²) in [7, 11) is -3.99. The van der Waals surface area contributed by atoms with Crippen molar-refractivity contribution in [1.29, 1.82) is 0 Å². The number of unbranched alkanes of at least 4 members (excludes halogenated alkanes) is 1. The number of hydrogen-bond donors (Lipinski definition) is 0. The van der Waals surface area contributed by atoms with Gasteiger partial charge in [0.15, 0.2) is 10.1 Å². The predicted octanol–water partition coefficient (Wildman–Crippen LogP) is 2.83. The average Bonchev–Trinajstić information content (AvgIpc) is 2.85. The maximum absolute atomic E-state index is 10.7. The highest BCUT2D eigenvalue weighted by atomic mass is 32.2. The van der Waals surface area contributed by atoms with E-state index in [1.165, 1.54) is 24.2 Å². The number of benzene rings is 1. The van der Waals surface area contributed by atoms with Crippen LogP contribution in [0.15, 0.2) is 42.7 Å². The molecule has 134 valence electrons. The largest absolute Gasteiger partial charge is 0.741 e. The Morgan fingerprint density at radius 3 is 2.21 bits per heavy atom. The molecule has 24 heavy (non-hydrogen) atoms. The Morgan fingerprint density at radius 2 is 1.75 bits per heavy atom. The minimum absolute atomic E-state index is 1.10. The molecule has 2 rings (SSSR count). The van der Waals surface area contributed by atoms with Gasteiger partial charge in [-0.15, -0.1) is 0 Å². The number of halogens is 3. The first-order chi connectivity index (χ1) is 11.1. The van der Waals surface area contributed by atoms with Crippen LogP contribution in [0.2, 0.25) is 0 Å². The lowest BCUT2D eigenvalue weighted by Crippen LogP contribution is -2.29. The summed E-state index contributed by atoms with van der Waals surface area (Å²) in [5, 5.41) is 0. The molecule has 0 amide bonds. The van der Waals surface area contributed by atoms with Gasteiger partial charge in [-0.25, -0.2) is 17.6 Å². The molecule has 1 aromatic heterocycles. The van der Waals surface area contributed by atoms with E-state index in [0.29, 0.717) is 0 Å². The zero-order valence-corrected chi connectivity index (χ0v) is 14.1. The summed E-state index contributed by atoms with van der Waals surface area (Å²) in [4.78, 5) is 0. The van der Waals surface area contributed by atoms with Crippen LogP contribution >= 0.6 is 0 Å². The number of aromatic nitrogens is 2. The quantitative estimate of drug-likeness (QED) is 0.476. The number of rotatable bonds is 4. The van der Waals surface area contributed by atoms with Crippen molar-refractivity contribution in [2.45, 2.75) is 31.8 Å². The smallest absolute Gasteiger partial charge is 0.485 e. The van der Waals surface area contributed by atoms with Crippen LogP contribution < -0.4 is 4.57 Å². The third-order valence-corrected chi connectivity index (χ3v) is 3.71. The van der Waals surface area contributed by atoms with Crippen LogP contribution in [-0.4, -0.2) is 23.0 Å². The monoisotopic (exact) mass is 364 g/mol. The zero-order valence-electron chi connectivity index (χ0n) is 13.3. The fraction of sp³-hybridized carbons (Fsp3) is 0.400. The van der Waals surface area contributed by atoms with E-state index < -0.39 is 15.6 Å². The lowest BCUT2D eigenvalue weighted by atomic mass is 10.2. The first kappa shape index (κ1) is 20.2. The second-order valence-electron chi connectivity index (χ2n) is 5.05. The minimum atomic E-state index is -6.09. The third-order valence-electron chi connectivity index (χ3n) is 3.14. The molecule has 1 heterocycles. The van der Waals surface area contributed by atoms with Gasteiger partial charge in [-0.1, -0.05) is 31.5 Å². The molecule has 0 spiro atoms. The summed E-state index contributed by atoms with van der Waals surface area (Å²) in [6, 6.07) is 10.6. The Bertz CT molecular complexity index is 741. The van der Waals surface area contributed by atoms with Crippen molar-refractivity contribution >= 4 is 10.1 Å². The van der Waals surface area contributed by atoms with Crippen molar-refractivity contribution in [2.75, 3.05) is 0 Å². The molecule has 5 nitrogen and oxygen atoms in total. The number of alkyl halides is 3. The number of nitrogens with zero attached hydrogens (tertiary/aromatic N) is 2. The fourth-order valence-electron chi connectivity index (χ4n) is 1.99. The molecule has 2 aromatic rings. The molecule has 1 aromatic carbocycles. The van der Waals surface area contributed by atoms with Gasteiger partial charge >= 0.3 is 5.51 Å². The molecule has 0 atom stereocenters. The van der Waals surface area contributed by atoms with Gasteiger partial charge in [0.1, 0.15) is 12.4 Å². The first-order valence-electron chi connectivity index (χ1n) is 7.20. The molecule has 0 aliphatic rings. The van der Waals surface area contributed by atoms with Gasteiger partial charge in [0, 0.05) is 0 Å². The van der Waals surface area contributed by atoms with Crippen molar-refractivity contribution in [3.05, 3.63) is 42.7 Å². The van der Waals surface area contributed by atoms with E-state index in [-0.39, 0.29) is 0 Å². The van der Waals surface area contributed by atoms with E-state index in [1.54, 1.807) is 0 Å². The standard InChI is InChI=1S/C14H19N2.CHF3O3S/c1-3-4-10-16-12-11-15(2)14(16)13-8-6-5-7-9-13;2-1(3,4)8(5,6)7/h5-9,11-12H,3-4,10H2,1-2H3;(H,5,6,7)/q+1;/p-1. The van der Waals surface area contributed by atoms with Gasteiger partial charge < -0.3 is 4.55 Å². The number of aryl methyl sites for hydroxylation is 2. The first-order valence-corrected chi connectivity index (χ1v) is 8.61. The summed E-state index contributed by atoms with van der Waals surface area (Å²) in [6.45, 7) is 3.33. The molecule has 9 heteroatoms. The molecular formula is C15H19F3N2O3S. The second kappa shape index (κ2) is 8.29. The summed E-state index contributed by atoms with van der Waals surface area (Å²) in [5.41, 5.74) is -4.36. The highest BCUT2D eigenvalue weighted by Crippen LogP contribution is 2.20. The maximum Gasteiger partial charge on any atom is 0.485 e. The number of imidazole rings is 1. The summed E-state index contributed by atoms with van der Waals surface area (Å²) in [5.74, 6) is 1.29. The van der Waals surface area contributed by atoms with Crippen LogP contribution in [0.4, 0.5) is 13.2 Å². The van der Waals surface area contributed by atoms with Gasteiger partial charge in [-0.3, -0.25) is 0 Å². The summed E-state index contributed by atoms with van der Waals surface area (Å²) in [6.07, 6.45) is 6.75. The molecule has 0 N–H and O–H groups in total. The molecule has 0 aliphatic heterocycles. The van der Waals surface area contributed by atoms with Crippen LogP contribution in [0.25, 0.3) is 11.4 Å². The van der Waals surface area contributed by atoms with Crippen molar-refractivity contribution < 1.29 is 30.7 Å². The molecule has 0 saturated carbocycles. The normalized spacial score (nSPS) is 11.8. The predicted molar refractivity (Wildman–Crippen MR) is 81.7 cm³/mol. The average molecular weight is 364 g/mol. The second-order valence-corrected chi connectivity index (χ2v) is 6.42. The highest BCUT2D eigenvalue weighted by Gasteiger charge is 2.36. The molecule has 0 fully saturated rings. The number of hydrogen-bond acceptors (Lipinski definition) is 3. The van der Waals surface area contributed by atoms with E-state index in [1.807, 2.05) is 0 Å². The van der Waals surface area contributed by atoms with Crippen LogP contribution in [0.5, 0.6) is 0 Å². The Morgan fingerprint density at radius 1 is 1.21 bits per heavy atom. The molecule has 0 unspecified atom stereocenters. The zero-order chi connectivity index (χ0) is 18.4. The van der Waals surface area contributed by atoms with Gasteiger partial charge in [-0.2, -0.15) is 13.2 Å². The molecular weight excluding hydrogens is 345 g/mol. The minimum Gasteiger partial charge on any atom is -0.741 e. The van der Waals surface area contributed by atoms with Crippen LogP contribution in [0.1, 0.15) is 19.8 Å². The van der Waals surface area contributed by atoms with Crippen molar-refractivity contribution in [3.63, 3.8) is 0 Å². The lowest BCUT2D eigenvalue weighted by molar-refractivity contribution is -0.659. The molecule has 0 saturated heterocycles. The van der Waals surface area contributed by atoms with Crippen LogP contribution in [0, 0.1) is 0 Å². The summed E-state index contributed by atoms with van der Waals surface area (Å²) < 4.78 is 63.4. The van der Waals surface area contributed by atoms with E-state index in [2.05, 4.69) is 65.8 Å². The van der Waals surface area contributed by atoms with Gasteiger partial charge in [0.2, 0.25) is 0 Å². The van der Waals surface area contributed by atoms with E-state index in [0.717, 1.165) is 6.54 Å². The summed E-state index contributed by atoms with van der Waals surface area (Å²) >= 11 is 0. The Kier molecular flexibility index (Phi) is 6.97. The van der Waals surface area contributed by atoms with E-state index in [4.69, 9.17) is 13.0 Å². The van der Waals surface area contributed by atoms with Crippen molar-refractivity contribution in [3.8, 4) is 11.4 Å². The van der Waals surface area contributed by atoms with Crippen molar-refractivity contribution in [2.24, 2.45) is 7.05 Å². The maximum atomic E-state index is 10.7. The molecule has 0 radical (unpaired) electrons. The van der Waals surface area contributed by atoms with E-state index >= 15 is 0 Å². The topological polar surface area (TPSA) is 66.0 Å². The van der Waals surface area contributed by atoms with Gasteiger partial charge in [-0.05, 0) is 18.6 Å². The van der Waals surface area contributed by atoms with Crippen LogP contribution in [-0.2, 0) is 23.7 Å². The van der Waals surface area contributed by atoms with Gasteiger partial charge in [0.25, 0.3) is 5.82 Å². The fourth-order valence-corrected chi connectivity index (χ4v) is 1.99.